The summed E-state index contributed by atoms with van der Waals surface area (Å²) < 4.78 is 26.4. The van der Waals surface area contributed by atoms with Gasteiger partial charge in [-0.25, -0.2) is 13.1 Å². The molecule has 18 heavy (non-hydrogen) atoms. The number of hydrogen-bond acceptors (Lipinski definition) is 6. The summed E-state index contributed by atoms with van der Waals surface area (Å²) >= 11 is 1.21. The highest BCUT2D eigenvalue weighted by molar-refractivity contribution is 7.91. The first kappa shape index (κ1) is 13.3. The number of sulfonamides is 1. The molecular weight excluding hydrogens is 272 g/mol. The van der Waals surface area contributed by atoms with Gasteiger partial charge >= 0.3 is 0 Å². The molecule has 0 fully saturated rings. The lowest BCUT2D eigenvalue weighted by Crippen LogP contribution is -2.41. The second kappa shape index (κ2) is 5.68. The molecule has 1 aliphatic rings. The van der Waals surface area contributed by atoms with E-state index in [2.05, 4.69) is 20.3 Å². The van der Waals surface area contributed by atoms with Crippen LogP contribution < -0.4 is 15.4 Å². The Morgan fingerprint density at radius 1 is 1.56 bits per heavy atom. The van der Waals surface area contributed by atoms with E-state index in [1.54, 1.807) is 17.5 Å². The van der Waals surface area contributed by atoms with Crippen LogP contribution >= 0.6 is 11.3 Å². The van der Waals surface area contributed by atoms with E-state index >= 15 is 0 Å². The van der Waals surface area contributed by atoms with Crippen molar-refractivity contribution in [2.45, 2.75) is 17.2 Å². The maximum absolute atomic E-state index is 11.8. The topological polar surface area (TPSA) is 82.6 Å². The predicted octanol–water partition coefficient (Wildman–Crippen LogP) is -0.0363. The summed E-state index contributed by atoms with van der Waals surface area (Å²) in [6.45, 7) is 3.62. The molecule has 0 aliphatic carbocycles. The van der Waals surface area contributed by atoms with Gasteiger partial charge in [0.15, 0.2) is 5.96 Å². The molecule has 1 aromatic heterocycles. The van der Waals surface area contributed by atoms with Crippen molar-refractivity contribution >= 4 is 27.3 Å². The summed E-state index contributed by atoms with van der Waals surface area (Å²) in [6, 6.07) is 3.65. The van der Waals surface area contributed by atoms with Crippen molar-refractivity contribution in [3.8, 4) is 0 Å². The van der Waals surface area contributed by atoms with Gasteiger partial charge in [0.2, 0.25) is 10.0 Å². The fourth-order valence-corrected chi connectivity index (χ4v) is 3.58. The number of guanidine groups is 1. The summed E-state index contributed by atoms with van der Waals surface area (Å²) in [4.78, 5) is 4.22. The molecule has 0 saturated carbocycles. The summed E-state index contributed by atoms with van der Waals surface area (Å²) in [5.41, 5.74) is 0. The standard InChI is InChI=1S/C10H16N4O2S2/c1-8-7-12-10(14-8)11-4-5-13-18(15,16)9-3-2-6-17-9/h2-3,6,8,13H,4-5,7H2,1H3,(H2,11,12,14). The molecule has 0 bridgehead atoms. The number of thiophene rings is 1. The van der Waals surface area contributed by atoms with Crippen molar-refractivity contribution in [1.29, 1.82) is 0 Å². The van der Waals surface area contributed by atoms with Crippen LogP contribution in [0.5, 0.6) is 0 Å². The maximum atomic E-state index is 11.8. The smallest absolute Gasteiger partial charge is 0.250 e. The Labute approximate surface area is 111 Å². The Hall–Kier alpha value is -1.12. The van der Waals surface area contributed by atoms with Gasteiger partial charge in [0.25, 0.3) is 0 Å². The molecule has 0 saturated heterocycles. The average Bonchev–Trinajstić information content (AvgIpc) is 2.95. The first-order valence-corrected chi connectivity index (χ1v) is 8.02. The number of hydrogen-bond donors (Lipinski definition) is 3. The summed E-state index contributed by atoms with van der Waals surface area (Å²) in [5, 5.41) is 7.93. The minimum absolute atomic E-state index is 0.329. The van der Waals surface area contributed by atoms with Crippen molar-refractivity contribution in [3.05, 3.63) is 17.5 Å². The third-order valence-corrected chi connectivity index (χ3v) is 5.23. The highest BCUT2D eigenvalue weighted by Gasteiger charge is 2.15. The molecule has 1 unspecified atom stereocenters. The molecule has 1 aromatic rings. The monoisotopic (exact) mass is 288 g/mol. The van der Waals surface area contributed by atoms with Gasteiger partial charge in [0, 0.05) is 19.1 Å². The molecule has 0 radical (unpaired) electrons. The van der Waals surface area contributed by atoms with E-state index in [1.165, 1.54) is 11.3 Å². The van der Waals surface area contributed by atoms with E-state index in [1.807, 2.05) is 6.92 Å². The molecule has 2 heterocycles. The lowest BCUT2D eigenvalue weighted by molar-refractivity contribution is 0.582. The van der Waals surface area contributed by atoms with Gasteiger partial charge in [-0.05, 0) is 18.4 Å². The summed E-state index contributed by atoms with van der Waals surface area (Å²) in [5.74, 6) is 0.734. The van der Waals surface area contributed by atoms with Crippen LogP contribution in [-0.4, -0.2) is 40.1 Å². The second-order valence-corrected chi connectivity index (χ2v) is 6.93. The normalized spacial score (nSPS) is 19.4. The van der Waals surface area contributed by atoms with Crippen molar-refractivity contribution in [2.24, 2.45) is 4.99 Å². The Morgan fingerprint density at radius 2 is 2.39 bits per heavy atom. The lowest BCUT2D eigenvalue weighted by Gasteiger charge is -2.09. The predicted molar refractivity (Wildman–Crippen MR) is 72.4 cm³/mol. The van der Waals surface area contributed by atoms with Gasteiger partial charge in [0.1, 0.15) is 4.21 Å². The molecular formula is C10H16N4O2S2. The maximum Gasteiger partial charge on any atom is 0.250 e. The van der Waals surface area contributed by atoms with Gasteiger partial charge in [-0.1, -0.05) is 6.07 Å². The van der Waals surface area contributed by atoms with E-state index in [4.69, 9.17) is 0 Å². The Morgan fingerprint density at radius 3 is 3.00 bits per heavy atom. The number of nitrogens with one attached hydrogen (secondary N) is 3. The van der Waals surface area contributed by atoms with E-state index in [-0.39, 0.29) is 0 Å². The van der Waals surface area contributed by atoms with E-state index in [0.29, 0.717) is 23.3 Å². The highest BCUT2D eigenvalue weighted by atomic mass is 32.2. The molecule has 1 atom stereocenters. The number of aliphatic imine (C=N–C) groups is 1. The minimum Gasteiger partial charge on any atom is -0.355 e. The van der Waals surface area contributed by atoms with E-state index in [0.717, 1.165) is 12.5 Å². The molecule has 0 spiro atoms. The van der Waals surface area contributed by atoms with Crippen LogP contribution in [0.25, 0.3) is 0 Å². The Kier molecular flexibility index (Phi) is 4.20. The van der Waals surface area contributed by atoms with Gasteiger partial charge in [-0.3, -0.25) is 4.99 Å². The third kappa shape index (κ3) is 3.44. The van der Waals surface area contributed by atoms with E-state index in [9.17, 15) is 8.42 Å². The first-order valence-electron chi connectivity index (χ1n) is 5.66. The molecule has 6 nitrogen and oxygen atoms in total. The van der Waals surface area contributed by atoms with Crippen molar-refractivity contribution in [3.63, 3.8) is 0 Å². The highest BCUT2D eigenvalue weighted by Crippen LogP contribution is 2.14. The van der Waals surface area contributed by atoms with Crippen LogP contribution in [0.3, 0.4) is 0 Å². The Bertz CT molecular complexity index is 510. The largest absolute Gasteiger partial charge is 0.355 e. The molecule has 100 valence electrons. The average molecular weight is 288 g/mol. The van der Waals surface area contributed by atoms with Gasteiger partial charge in [-0.2, -0.15) is 0 Å². The van der Waals surface area contributed by atoms with Gasteiger partial charge in [0.05, 0.1) is 6.54 Å². The molecule has 2 rings (SSSR count). The SMILES string of the molecule is CC1CN=C(NCCNS(=O)(=O)c2cccs2)N1. The number of nitrogens with zero attached hydrogens (tertiary/aromatic N) is 1. The minimum atomic E-state index is -3.36. The quantitative estimate of drug-likeness (QED) is 0.664. The van der Waals surface area contributed by atoms with Gasteiger partial charge < -0.3 is 10.6 Å². The van der Waals surface area contributed by atoms with Crippen LogP contribution in [0.4, 0.5) is 0 Å². The molecule has 3 N–H and O–H groups in total. The lowest BCUT2D eigenvalue weighted by atomic mass is 10.4. The van der Waals surface area contributed by atoms with Crippen molar-refractivity contribution < 1.29 is 8.42 Å². The van der Waals surface area contributed by atoms with Crippen molar-refractivity contribution in [1.82, 2.24) is 15.4 Å². The first-order chi connectivity index (χ1) is 8.58. The zero-order valence-electron chi connectivity index (χ0n) is 10.0. The molecule has 1 aliphatic heterocycles. The zero-order valence-corrected chi connectivity index (χ0v) is 11.6. The summed E-state index contributed by atoms with van der Waals surface area (Å²) in [7, 11) is -3.36. The second-order valence-electron chi connectivity index (χ2n) is 3.99. The van der Waals surface area contributed by atoms with Crippen LogP contribution in [-0.2, 0) is 10.0 Å². The zero-order chi connectivity index (χ0) is 13.0. The fourth-order valence-electron chi connectivity index (χ4n) is 1.51. The van der Waals surface area contributed by atoms with E-state index < -0.39 is 10.0 Å². The van der Waals surface area contributed by atoms with Crippen molar-refractivity contribution in [2.75, 3.05) is 19.6 Å². The fraction of sp³-hybridized carbons (Fsp3) is 0.500. The van der Waals surface area contributed by atoms with Crippen LogP contribution in [0.15, 0.2) is 26.7 Å². The Balaban J connectivity index is 1.73. The van der Waals surface area contributed by atoms with Crippen LogP contribution in [0.2, 0.25) is 0 Å². The molecule has 0 amide bonds. The molecule has 0 aromatic carbocycles. The third-order valence-electron chi connectivity index (χ3n) is 2.38. The summed E-state index contributed by atoms with van der Waals surface area (Å²) in [6.07, 6.45) is 0. The van der Waals surface area contributed by atoms with Crippen LogP contribution in [0, 0.1) is 0 Å². The van der Waals surface area contributed by atoms with Gasteiger partial charge in [-0.15, -0.1) is 11.3 Å². The number of rotatable bonds is 5. The van der Waals surface area contributed by atoms with Crippen LogP contribution in [0.1, 0.15) is 6.92 Å². The molecule has 8 heteroatoms.